The third kappa shape index (κ3) is 2.18. The Labute approximate surface area is 244 Å². The largest absolute Gasteiger partial charge is 0.454 e. The van der Waals surface area contributed by atoms with Gasteiger partial charge in [-0.3, -0.25) is 0 Å². The summed E-state index contributed by atoms with van der Waals surface area (Å²) in [6.07, 6.45) is 5.04. The highest BCUT2D eigenvalue weighted by Crippen LogP contribution is 2.62. The van der Waals surface area contributed by atoms with Gasteiger partial charge in [-0.15, -0.1) is 0 Å². The number of anilines is 2. The smallest absolute Gasteiger partial charge is 0.333 e. The van der Waals surface area contributed by atoms with Gasteiger partial charge >= 0.3 is 6.85 Å². The molecule has 4 heteroatoms. The van der Waals surface area contributed by atoms with Crippen LogP contribution in [0, 0.1) is 0 Å². The Hall–Kier alpha value is -4.44. The number of furan rings is 1. The van der Waals surface area contributed by atoms with Crippen LogP contribution in [0.5, 0.6) is 0 Å². The molecule has 2 unspecified atom stereocenters. The Kier molecular flexibility index (Phi) is 3.67. The van der Waals surface area contributed by atoms with Gasteiger partial charge in [0.25, 0.3) is 0 Å². The lowest BCUT2D eigenvalue weighted by Crippen LogP contribution is -2.61. The predicted octanol–water partition coefficient (Wildman–Crippen LogP) is 8.38. The molecule has 11 rings (SSSR count). The molecule has 42 heavy (non-hydrogen) atoms. The molecule has 0 N–H and O–H groups in total. The van der Waals surface area contributed by atoms with Gasteiger partial charge in [0.05, 0.1) is 11.1 Å². The van der Waals surface area contributed by atoms with Gasteiger partial charge in [0.1, 0.15) is 5.58 Å². The van der Waals surface area contributed by atoms with Crippen LogP contribution in [0.15, 0.2) is 95.4 Å². The summed E-state index contributed by atoms with van der Waals surface area (Å²) < 4.78 is 9.34. The minimum absolute atomic E-state index is 0.0332. The number of para-hydroxylation sites is 3. The maximum Gasteiger partial charge on any atom is 0.333 e. The first kappa shape index (κ1) is 22.2. The van der Waals surface area contributed by atoms with E-state index in [9.17, 15) is 0 Å². The van der Waals surface area contributed by atoms with Crippen molar-refractivity contribution in [3.63, 3.8) is 0 Å². The van der Waals surface area contributed by atoms with Crippen LogP contribution in [0.4, 0.5) is 11.4 Å². The van der Waals surface area contributed by atoms with E-state index in [4.69, 9.17) is 4.42 Å². The maximum atomic E-state index is 6.68. The second kappa shape index (κ2) is 6.95. The summed E-state index contributed by atoms with van der Waals surface area (Å²) in [7, 11) is 0. The van der Waals surface area contributed by atoms with Crippen molar-refractivity contribution in [3.05, 3.63) is 96.6 Å². The minimum atomic E-state index is 0.0332. The summed E-state index contributed by atoms with van der Waals surface area (Å²) >= 11 is 0. The van der Waals surface area contributed by atoms with Gasteiger partial charge < -0.3 is 13.8 Å². The number of nitrogens with zero attached hydrogens (tertiary/aromatic N) is 2. The Morgan fingerprint density at radius 1 is 0.762 bits per heavy atom. The average molecular weight is 540 g/mol. The quantitative estimate of drug-likeness (QED) is 0.180. The van der Waals surface area contributed by atoms with Gasteiger partial charge in [0, 0.05) is 38.6 Å². The number of aromatic nitrogens is 1. The molecule has 0 radical (unpaired) electrons. The molecule has 5 heterocycles. The van der Waals surface area contributed by atoms with E-state index in [-0.39, 0.29) is 17.8 Å². The SMILES string of the molecule is CC12CCCCC1(C)N1c3cc4ccccc4c4c3B(c3cccc2c31)n1c2c-4cccc2c2oc3ccccc3c21. The van der Waals surface area contributed by atoms with Crippen molar-refractivity contribution in [2.24, 2.45) is 0 Å². The second-order valence-corrected chi connectivity index (χ2v) is 13.5. The summed E-state index contributed by atoms with van der Waals surface area (Å²) in [6.45, 7) is 5.19. The number of hydrogen-bond donors (Lipinski definition) is 0. The molecule has 1 saturated carbocycles. The van der Waals surface area contributed by atoms with Crippen LogP contribution in [-0.2, 0) is 5.41 Å². The highest BCUT2D eigenvalue weighted by atomic mass is 16.3. The molecule has 1 aliphatic carbocycles. The summed E-state index contributed by atoms with van der Waals surface area (Å²) in [4.78, 5) is 2.82. The van der Waals surface area contributed by atoms with Crippen LogP contribution in [0.2, 0.25) is 0 Å². The van der Waals surface area contributed by atoms with Gasteiger partial charge in [-0.1, -0.05) is 86.5 Å². The summed E-state index contributed by atoms with van der Waals surface area (Å²) in [5.41, 5.74) is 14.7. The van der Waals surface area contributed by atoms with Gasteiger partial charge in [0.15, 0.2) is 5.58 Å². The molecule has 2 atom stereocenters. The van der Waals surface area contributed by atoms with E-state index in [1.807, 2.05) is 0 Å². The number of benzene rings is 5. The topological polar surface area (TPSA) is 21.3 Å². The lowest BCUT2D eigenvalue weighted by Gasteiger charge is -2.52. The number of hydrogen-bond acceptors (Lipinski definition) is 2. The average Bonchev–Trinajstić information content (AvgIpc) is 3.62. The fourth-order valence-corrected chi connectivity index (χ4v) is 9.92. The van der Waals surface area contributed by atoms with E-state index in [2.05, 4.69) is 114 Å². The first-order chi connectivity index (χ1) is 20.6. The molecule has 4 aliphatic rings. The monoisotopic (exact) mass is 540 g/mol. The molecular weight excluding hydrogens is 511 g/mol. The van der Waals surface area contributed by atoms with E-state index in [0.717, 1.165) is 11.2 Å². The summed E-state index contributed by atoms with van der Waals surface area (Å²) in [6, 6.07) is 34.2. The van der Waals surface area contributed by atoms with Crippen molar-refractivity contribution < 1.29 is 4.42 Å². The van der Waals surface area contributed by atoms with E-state index in [1.54, 1.807) is 0 Å². The molecule has 0 amide bonds. The minimum Gasteiger partial charge on any atom is -0.454 e. The fourth-order valence-electron chi connectivity index (χ4n) is 9.92. The molecule has 5 aromatic carbocycles. The molecular formula is C38H29BN2O. The molecule has 2 aromatic heterocycles. The lowest BCUT2D eigenvalue weighted by molar-refractivity contribution is 0.195. The van der Waals surface area contributed by atoms with Crippen LogP contribution < -0.4 is 15.8 Å². The lowest BCUT2D eigenvalue weighted by atomic mass is 9.44. The van der Waals surface area contributed by atoms with Gasteiger partial charge in [-0.05, 0) is 76.9 Å². The summed E-state index contributed by atoms with van der Waals surface area (Å²) in [5, 5.41) is 5.08. The van der Waals surface area contributed by atoms with E-state index >= 15 is 0 Å². The van der Waals surface area contributed by atoms with Crippen LogP contribution in [0.3, 0.4) is 0 Å². The third-order valence-electron chi connectivity index (χ3n) is 11.9. The molecule has 0 bridgehead atoms. The van der Waals surface area contributed by atoms with Crippen LogP contribution >= 0.6 is 0 Å². The van der Waals surface area contributed by atoms with E-state index in [1.165, 1.54) is 97.3 Å². The van der Waals surface area contributed by atoms with Gasteiger partial charge in [-0.2, -0.15) is 0 Å². The van der Waals surface area contributed by atoms with Crippen molar-refractivity contribution in [2.75, 3.05) is 4.90 Å². The Balaban J connectivity index is 1.41. The van der Waals surface area contributed by atoms with Crippen molar-refractivity contribution >= 4 is 72.9 Å². The zero-order chi connectivity index (χ0) is 27.5. The standard InChI is InChI=1S/C38H29BN2O/c1-37-19-7-8-20-38(37,2)40-29-21-22-11-3-4-12-23(22)31-25-14-9-15-26-33(25)41(34-24-13-5-6-18-30(24)42-36(26)34)39(32(29)31)28-17-10-16-27(37)35(28)40/h3-6,9-18,21H,7-8,19-20H2,1-2H3. The highest BCUT2D eigenvalue weighted by molar-refractivity contribution is 6.90. The van der Waals surface area contributed by atoms with Crippen molar-refractivity contribution in [1.82, 2.24) is 4.48 Å². The normalized spacial score (nSPS) is 23.2. The Morgan fingerprint density at radius 3 is 2.48 bits per heavy atom. The van der Waals surface area contributed by atoms with Gasteiger partial charge in [-0.25, -0.2) is 0 Å². The third-order valence-corrected chi connectivity index (χ3v) is 11.9. The molecule has 0 saturated heterocycles. The maximum absolute atomic E-state index is 6.68. The molecule has 7 aromatic rings. The van der Waals surface area contributed by atoms with Gasteiger partial charge in [0.2, 0.25) is 0 Å². The van der Waals surface area contributed by atoms with Crippen molar-refractivity contribution in [2.45, 2.75) is 50.5 Å². The Bertz CT molecular complexity index is 2380. The zero-order valence-corrected chi connectivity index (χ0v) is 23.9. The number of rotatable bonds is 0. The van der Waals surface area contributed by atoms with Crippen molar-refractivity contribution in [3.8, 4) is 11.1 Å². The first-order valence-corrected chi connectivity index (χ1v) is 15.5. The Morgan fingerprint density at radius 2 is 1.55 bits per heavy atom. The van der Waals surface area contributed by atoms with E-state index in [0.29, 0.717) is 0 Å². The second-order valence-electron chi connectivity index (χ2n) is 13.5. The molecule has 200 valence electrons. The number of fused-ring (bicyclic) bond motifs is 14. The fraction of sp³-hybridized carbons (Fsp3) is 0.211. The first-order valence-electron chi connectivity index (χ1n) is 15.5. The summed E-state index contributed by atoms with van der Waals surface area (Å²) in [5.74, 6) is 0. The molecule has 3 aliphatic heterocycles. The zero-order valence-electron chi connectivity index (χ0n) is 23.9. The van der Waals surface area contributed by atoms with Crippen LogP contribution in [-0.4, -0.2) is 16.9 Å². The molecule has 1 fully saturated rings. The van der Waals surface area contributed by atoms with Crippen LogP contribution in [0.1, 0.15) is 45.1 Å². The highest BCUT2D eigenvalue weighted by Gasteiger charge is 2.61. The van der Waals surface area contributed by atoms with Crippen molar-refractivity contribution in [1.29, 1.82) is 0 Å². The van der Waals surface area contributed by atoms with Crippen LogP contribution in [0.25, 0.3) is 54.9 Å². The predicted molar refractivity (Wildman–Crippen MR) is 175 cm³/mol. The molecule has 3 nitrogen and oxygen atoms in total. The van der Waals surface area contributed by atoms with E-state index < -0.39 is 0 Å². The molecule has 0 spiro atoms.